The van der Waals surface area contributed by atoms with E-state index in [0.29, 0.717) is 12.8 Å². The Bertz CT molecular complexity index is 185. The zero-order valence-corrected chi connectivity index (χ0v) is 8.40. The van der Waals surface area contributed by atoms with Crippen LogP contribution in [-0.2, 0) is 4.79 Å². The summed E-state index contributed by atoms with van der Waals surface area (Å²) >= 11 is 0. The molecule has 0 radical (unpaired) electrons. The summed E-state index contributed by atoms with van der Waals surface area (Å²) in [5.74, 6) is -0.415. The van der Waals surface area contributed by atoms with E-state index < -0.39 is 11.6 Å². The molecule has 0 aromatic rings. The average Bonchev–Trinajstić information content (AvgIpc) is 2.04. The van der Waals surface area contributed by atoms with Crippen LogP contribution in [0.4, 0.5) is 4.39 Å². The van der Waals surface area contributed by atoms with Gasteiger partial charge in [-0.05, 0) is 39.5 Å². The van der Waals surface area contributed by atoms with E-state index >= 15 is 0 Å². The lowest BCUT2D eigenvalue weighted by atomic mass is 9.85. The van der Waals surface area contributed by atoms with Crippen LogP contribution in [-0.4, -0.2) is 17.6 Å². The van der Waals surface area contributed by atoms with Crippen molar-refractivity contribution in [2.45, 2.75) is 57.7 Å². The molecule has 0 aliphatic heterocycles. The Morgan fingerprint density at radius 2 is 1.85 bits per heavy atom. The molecule has 0 saturated heterocycles. The van der Waals surface area contributed by atoms with E-state index in [1.165, 1.54) is 0 Å². The third-order valence-electron chi connectivity index (χ3n) is 2.47. The maximum atomic E-state index is 13.9. The summed E-state index contributed by atoms with van der Waals surface area (Å²) in [5, 5.41) is 2.64. The first-order valence-corrected chi connectivity index (χ1v) is 5.04. The highest BCUT2D eigenvalue weighted by atomic mass is 19.1. The van der Waals surface area contributed by atoms with Gasteiger partial charge in [0.05, 0.1) is 0 Å². The first-order chi connectivity index (χ1) is 6.04. The lowest BCUT2D eigenvalue weighted by molar-refractivity contribution is -0.135. The quantitative estimate of drug-likeness (QED) is 0.705. The third-order valence-corrected chi connectivity index (χ3v) is 2.47. The first kappa shape index (κ1) is 10.5. The van der Waals surface area contributed by atoms with Gasteiger partial charge in [0.15, 0.2) is 5.67 Å². The molecule has 1 aliphatic carbocycles. The van der Waals surface area contributed by atoms with Crippen molar-refractivity contribution in [1.29, 1.82) is 0 Å². The van der Waals surface area contributed by atoms with Crippen LogP contribution < -0.4 is 5.32 Å². The van der Waals surface area contributed by atoms with E-state index in [1.807, 2.05) is 13.8 Å². The van der Waals surface area contributed by atoms with Gasteiger partial charge in [-0.25, -0.2) is 4.39 Å². The van der Waals surface area contributed by atoms with Gasteiger partial charge >= 0.3 is 0 Å². The van der Waals surface area contributed by atoms with Gasteiger partial charge in [-0.2, -0.15) is 0 Å². The monoisotopic (exact) mass is 187 g/mol. The fraction of sp³-hybridized carbons (Fsp3) is 0.900. The normalized spacial score (nSPS) is 21.5. The minimum absolute atomic E-state index is 0.0297. The highest BCUT2D eigenvalue weighted by Gasteiger charge is 2.39. The number of nitrogens with one attached hydrogen (secondary N) is 1. The molecule has 3 heteroatoms. The summed E-state index contributed by atoms with van der Waals surface area (Å²) in [7, 11) is 0. The van der Waals surface area contributed by atoms with E-state index in [9.17, 15) is 9.18 Å². The Morgan fingerprint density at radius 1 is 1.31 bits per heavy atom. The molecular weight excluding hydrogens is 169 g/mol. The molecule has 0 atom stereocenters. The standard InChI is InChI=1S/C10H18FNO/c1-8(2)12-9(13)10(11)6-4-3-5-7-10/h8H,3-7H2,1-2H3,(H,12,13). The maximum absolute atomic E-state index is 13.9. The molecule has 1 rings (SSSR count). The Hall–Kier alpha value is -0.600. The number of hydrogen-bond acceptors (Lipinski definition) is 1. The molecule has 0 bridgehead atoms. The van der Waals surface area contributed by atoms with Gasteiger partial charge in [0.1, 0.15) is 0 Å². The van der Waals surface area contributed by atoms with Gasteiger partial charge < -0.3 is 5.32 Å². The topological polar surface area (TPSA) is 29.1 Å². The van der Waals surface area contributed by atoms with E-state index in [4.69, 9.17) is 0 Å². The van der Waals surface area contributed by atoms with Crippen molar-refractivity contribution in [3.8, 4) is 0 Å². The third kappa shape index (κ3) is 2.68. The van der Waals surface area contributed by atoms with Crippen LogP contribution in [0.5, 0.6) is 0 Å². The van der Waals surface area contributed by atoms with Crippen LogP contribution >= 0.6 is 0 Å². The van der Waals surface area contributed by atoms with Crippen LogP contribution in [0.2, 0.25) is 0 Å². The van der Waals surface area contributed by atoms with Gasteiger partial charge in [0, 0.05) is 6.04 Å². The Kier molecular flexibility index (Phi) is 3.28. The molecule has 13 heavy (non-hydrogen) atoms. The van der Waals surface area contributed by atoms with E-state index in [0.717, 1.165) is 19.3 Å². The van der Waals surface area contributed by atoms with Gasteiger partial charge in [0.25, 0.3) is 5.91 Å². The van der Waals surface area contributed by atoms with E-state index in [1.54, 1.807) is 0 Å². The molecule has 1 N–H and O–H groups in total. The van der Waals surface area contributed by atoms with Crippen LogP contribution in [0.25, 0.3) is 0 Å². The van der Waals surface area contributed by atoms with Crippen molar-refractivity contribution in [3.63, 3.8) is 0 Å². The predicted octanol–water partition coefficient (Wildman–Crippen LogP) is 2.18. The van der Waals surface area contributed by atoms with Gasteiger partial charge in [-0.1, -0.05) is 6.42 Å². The van der Waals surface area contributed by atoms with Gasteiger partial charge in [0.2, 0.25) is 0 Å². The number of amides is 1. The second-order valence-electron chi connectivity index (χ2n) is 4.15. The Balaban J connectivity index is 2.51. The molecule has 1 amide bonds. The summed E-state index contributed by atoms with van der Waals surface area (Å²) < 4.78 is 13.9. The summed E-state index contributed by atoms with van der Waals surface area (Å²) in [6, 6.07) is 0.0297. The molecule has 1 saturated carbocycles. The van der Waals surface area contributed by atoms with Crippen molar-refractivity contribution >= 4 is 5.91 Å². The van der Waals surface area contributed by atoms with Crippen LogP contribution in [0.15, 0.2) is 0 Å². The molecule has 1 aliphatic rings. The molecule has 0 spiro atoms. The van der Waals surface area contributed by atoms with E-state index in [2.05, 4.69) is 5.32 Å². The highest BCUT2D eigenvalue weighted by Crippen LogP contribution is 2.31. The molecule has 0 heterocycles. The number of halogens is 1. The van der Waals surface area contributed by atoms with E-state index in [-0.39, 0.29) is 6.04 Å². The lowest BCUT2D eigenvalue weighted by Crippen LogP contribution is -2.47. The summed E-state index contributed by atoms with van der Waals surface area (Å²) in [4.78, 5) is 11.4. The Morgan fingerprint density at radius 3 is 2.31 bits per heavy atom. The van der Waals surface area contributed by atoms with Crippen LogP contribution in [0.1, 0.15) is 46.0 Å². The van der Waals surface area contributed by atoms with Crippen LogP contribution in [0.3, 0.4) is 0 Å². The predicted molar refractivity (Wildman–Crippen MR) is 50.2 cm³/mol. The zero-order valence-electron chi connectivity index (χ0n) is 8.40. The lowest BCUT2D eigenvalue weighted by Gasteiger charge is -2.28. The van der Waals surface area contributed by atoms with Crippen molar-refractivity contribution in [1.82, 2.24) is 5.32 Å². The number of rotatable bonds is 2. The SMILES string of the molecule is CC(C)NC(=O)C1(F)CCCCC1. The highest BCUT2D eigenvalue weighted by molar-refractivity contribution is 5.85. The molecule has 1 fully saturated rings. The second kappa shape index (κ2) is 4.07. The fourth-order valence-electron chi connectivity index (χ4n) is 1.73. The smallest absolute Gasteiger partial charge is 0.257 e. The minimum atomic E-state index is -1.58. The Labute approximate surface area is 78.9 Å². The zero-order chi connectivity index (χ0) is 9.90. The average molecular weight is 187 g/mol. The van der Waals surface area contributed by atoms with Crippen LogP contribution in [0, 0.1) is 0 Å². The summed E-state index contributed by atoms with van der Waals surface area (Å²) in [6.07, 6.45) is 3.52. The molecule has 2 nitrogen and oxygen atoms in total. The number of alkyl halides is 1. The summed E-state index contributed by atoms with van der Waals surface area (Å²) in [6.45, 7) is 3.70. The van der Waals surface area contributed by atoms with Crippen molar-refractivity contribution < 1.29 is 9.18 Å². The van der Waals surface area contributed by atoms with Crippen molar-refractivity contribution in [2.75, 3.05) is 0 Å². The molecule has 76 valence electrons. The number of carbonyl (C=O) groups is 1. The number of hydrogen-bond donors (Lipinski definition) is 1. The molecular formula is C10H18FNO. The summed E-state index contributed by atoms with van der Waals surface area (Å²) in [5.41, 5.74) is -1.58. The minimum Gasteiger partial charge on any atom is -0.351 e. The molecule has 0 aromatic heterocycles. The molecule has 0 unspecified atom stereocenters. The largest absolute Gasteiger partial charge is 0.351 e. The van der Waals surface area contributed by atoms with Gasteiger partial charge in [-0.15, -0.1) is 0 Å². The maximum Gasteiger partial charge on any atom is 0.257 e. The van der Waals surface area contributed by atoms with Crippen molar-refractivity contribution in [2.24, 2.45) is 0 Å². The van der Waals surface area contributed by atoms with Crippen molar-refractivity contribution in [3.05, 3.63) is 0 Å². The van der Waals surface area contributed by atoms with Gasteiger partial charge in [-0.3, -0.25) is 4.79 Å². The molecule has 0 aromatic carbocycles. The second-order valence-corrected chi connectivity index (χ2v) is 4.15. The number of carbonyl (C=O) groups excluding carboxylic acids is 1. The first-order valence-electron chi connectivity index (χ1n) is 5.04. The fourth-order valence-corrected chi connectivity index (χ4v) is 1.73.